The molecule has 112 valence electrons. The zero-order chi connectivity index (χ0) is 15.1. The Balaban J connectivity index is 2.92. The molecule has 0 aliphatic heterocycles. The minimum absolute atomic E-state index is 0.130. The fraction of sp³-hybridized carbons (Fsp3) is 0.533. The number of carbonyl (C=O) groups excluding carboxylic acids is 1. The third-order valence-electron chi connectivity index (χ3n) is 3.30. The van der Waals surface area contributed by atoms with Gasteiger partial charge in [-0.05, 0) is 30.9 Å². The Morgan fingerprint density at radius 1 is 1.30 bits per heavy atom. The highest BCUT2D eigenvalue weighted by Crippen LogP contribution is 2.23. The number of anilines is 1. The van der Waals surface area contributed by atoms with Gasteiger partial charge in [0.15, 0.2) is 0 Å². The molecule has 0 radical (unpaired) electrons. The molecular weight excluding hydrogens is 274 g/mol. The summed E-state index contributed by atoms with van der Waals surface area (Å²) in [6.45, 7) is 5.53. The van der Waals surface area contributed by atoms with Crippen LogP contribution in [0.2, 0.25) is 0 Å². The Morgan fingerprint density at radius 3 is 2.30 bits per heavy atom. The molecule has 0 aliphatic rings. The van der Waals surface area contributed by atoms with Crippen LogP contribution < -0.4 is 5.32 Å². The molecule has 2 N–H and O–H groups in total. The maximum atomic E-state index is 12.2. The second-order valence-electron chi connectivity index (χ2n) is 4.60. The molecule has 0 aromatic heterocycles. The molecule has 1 aromatic carbocycles. The molecule has 0 spiro atoms. The predicted molar refractivity (Wildman–Crippen MR) is 83.4 cm³/mol. The fourth-order valence-corrected chi connectivity index (χ4v) is 2.85. The number of amides is 1. The van der Waals surface area contributed by atoms with Gasteiger partial charge in [-0.2, -0.15) is 0 Å². The molecule has 0 aliphatic carbocycles. The van der Waals surface area contributed by atoms with E-state index in [1.54, 1.807) is 6.92 Å². The molecule has 2 unspecified atom stereocenters. The third-order valence-corrected chi connectivity index (χ3v) is 4.89. The molecule has 0 bridgehead atoms. The summed E-state index contributed by atoms with van der Waals surface area (Å²) in [6, 6.07) is 5.97. The molecule has 1 rings (SSSR count). The number of aryl methyl sites for hydroxylation is 2. The van der Waals surface area contributed by atoms with Gasteiger partial charge < -0.3 is 10.4 Å². The van der Waals surface area contributed by atoms with Crippen LogP contribution in [0.15, 0.2) is 18.2 Å². The lowest BCUT2D eigenvalue weighted by atomic mass is 10.0. The third kappa shape index (κ3) is 4.15. The van der Waals surface area contributed by atoms with Crippen LogP contribution in [0.25, 0.3) is 0 Å². The van der Waals surface area contributed by atoms with Crippen molar-refractivity contribution in [3.63, 3.8) is 0 Å². The topological polar surface area (TPSA) is 66.4 Å². The van der Waals surface area contributed by atoms with E-state index in [1.165, 1.54) is 0 Å². The summed E-state index contributed by atoms with van der Waals surface area (Å²) in [4.78, 5) is 12.2. The van der Waals surface area contributed by atoms with Gasteiger partial charge in [0.2, 0.25) is 5.91 Å². The smallest absolute Gasteiger partial charge is 0.239 e. The van der Waals surface area contributed by atoms with Crippen molar-refractivity contribution >= 4 is 22.4 Å². The van der Waals surface area contributed by atoms with E-state index in [4.69, 9.17) is 5.11 Å². The number of benzene rings is 1. The summed E-state index contributed by atoms with van der Waals surface area (Å²) >= 11 is 0. The number of para-hydroxylation sites is 1. The first-order valence-corrected chi connectivity index (χ1v) is 8.32. The van der Waals surface area contributed by atoms with Crippen molar-refractivity contribution < 1.29 is 14.1 Å². The first-order valence-electron chi connectivity index (χ1n) is 6.94. The van der Waals surface area contributed by atoms with Gasteiger partial charge in [-0.1, -0.05) is 32.0 Å². The van der Waals surface area contributed by atoms with Crippen molar-refractivity contribution in [2.24, 2.45) is 0 Å². The summed E-state index contributed by atoms with van der Waals surface area (Å²) in [7, 11) is -1.35. The van der Waals surface area contributed by atoms with Crippen LogP contribution in [0.4, 0.5) is 5.69 Å². The van der Waals surface area contributed by atoms with E-state index in [0.717, 1.165) is 29.7 Å². The van der Waals surface area contributed by atoms with Crippen LogP contribution in [0.1, 0.15) is 31.9 Å². The molecule has 1 amide bonds. The number of carbonyl (C=O) groups is 1. The number of aliphatic hydroxyl groups excluding tert-OH is 1. The summed E-state index contributed by atoms with van der Waals surface area (Å²) in [5.41, 5.74) is 3.01. The van der Waals surface area contributed by atoms with Gasteiger partial charge in [0.25, 0.3) is 0 Å². The quantitative estimate of drug-likeness (QED) is 0.807. The van der Waals surface area contributed by atoms with Crippen LogP contribution in [-0.4, -0.2) is 32.8 Å². The number of hydrogen-bond donors (Lipinski definition) is 2. The van der Waals surface area contributed by atoms with Gasteiger partial charge in [0, 0.05) is 22.2 Å². The second-order valence-corrected chi connectivity index (χ2v) is 6.48. The Bertz CT molecular complexity index is 466. The maximum absolute atomic E-state index is 12.2. The molecule has 0 saturated heterocycles. The van der Waals surface area contributed by atoms with Gasteiger partial charge >= 0.3 is 0 Å². The Morgan fingerprint density at radius 2 is 1.85 bits per heavy atom. The van der Waals surface area contributed by atoms with Gasteiger partial charge in [-0.3, -0.25) is 9.00 Å². The van der Waals surface area contributed by atoms with E-state index in [2.05, 4.69) is 5.32 Å². The van der Waals surface area contributed by atoms with E-state index in [-0.39, 0.29) is 18.3 Å². The second kappa shape index (κ2) is 8.17. The first-order chi connectivity index (χ1) is 9.54. The summed E-state index contributed by atoms with van der Waals surface area (Å²) in [6.07, 6.45) is 1.66. The van der Waals surface area contributed by atoms with Gasteiger partial charge in [0.05, 0.1) is 6.61 Å². The van der Waals surface area contributed by atoms with Crippen molar-refractivity contribution in [2.75, 3.05) is 17.7 Å². The van der Waals surface area contributed by atoms with Gasteiger partial charge in [-0.25, -0.2) is 0 Å². The summed E-state index contributed by atoms with van der Waals surface area (Å²) in [5, 5.41) is 11.1. The standard InChI is InChI=1S/C15H23NO3S/c1-4-12-7-6-8-13(5-2)14(12)16-15(18)11(3)20(19)10-9-17/h6-8,11,17H,4-5,9-10H2,1-3H3,(H,16,18). The molecule has 5 heteroatoms. The van der Waals surface area contributed by atoms with Crippen LogP contribution in [0.3, 0.4) is 0 Å². The van der Waals surface area contributed by atoms with Crippen molar-refractivity contribution in [1.82, 2.24) is 0 Å². The van der Waals surface area contributed by atoms with Crippen LogP contribution in [0, 0.1) is 0 Å². The highest BCUT2D eigenvalue weighted by molar-refractivity contribution is 7.86. The SMILES string of the molecule is CCc1cccc(CC)c1NC(=O)C(C)S(=O)CCO. The van der Waals surface area contributed by atoms with Crippen LogP contribution in [0.5, 0.6) is 0 Å². The fourth-order valence-electron chi connectivity index (χ4n) is 2.01. The van der Waals surface area contributed by atoms with E-state index >= 15 is 0 Å². The lowest BCUT2D eigenvalue weighted by Crippen LogP contribution is -2.31. The lowest BCUT2D eigenvalue weighted by Gasteiger charge is -2.17. The minimum atomic E-state index is -1.35. The van der Waals surface area contributed by atoms with Crippen LogP contribution in [-0.2, 0) is 28.4 Å². The van der Waals surface area contributed by atoms with E-state index in [0.29, 0.717) is 0 Å². The summed E-state index contributed by atoms with van der Waals surface area (Å²) in [5.74, 6) is -0.127. The Labute approximate surface area is 123 Å². The molecule has 0 saturated carbocycles. The zero-order valence-electron chi connectivity index (χ0n) is 12.3. The minimum Gasteiger partial charge on any atom is -0.395 e. The molecule has 2 atom stereocenters. The number of nitrogens with one attached hydrogen (secondary N) is 1. The lowest BCUT2D eigenvalue weighted by molar-refractivity contribution is -0.115. The molecular formula is C15H23NO3S. The normalized spacial score (nSPS) is 13.8. The van der Waals surface area contributed by atoms with Crippen molar-refractivity contribution in [1.29, 1.82) is 0 Å². The average molecular weight is 297 g/mol. The highest BCUT2D eigenvalue weighted by Gasteiger charge is 2.21. The zero-order valence-corrected chi connectivity index (χ0v) is 13.1. The summed E-state index contributed by atoms with van der Waals surface area (Å²) < 4.78 is 11.8. The number of aliphatic hydroxyl groups is 1. The molecule has 0 fully saturated rings. The van der Waals surface area contributed by atoms with Crippen LogP contribution >= 0.6 is 0 Å². The largest absolute Gasteiger partial charge is 0.395 e. The Kier molecular flexibility index (Phi) is 6.88. The molecule has 1 aromatic rings. The van der Waals surface area contributed by atoms with E-state index in [9.17, 15) is 9.00 Å². The highest BCUT2D eigenvalue weighted by atomic mass is 32.2. The first kappa shape index (κ1) is 16.9. The van der Waals surface area contributed by atoms with Gasteiger partial charge in [0.1, 0.15) is 5.25 Å². The predicted octanol–water partition coefficient (Wildman–Crippen LogP) is 1.88. The van der Waals surface area contributed by atoms with Gasteiger partial charge in [-0.15, -0.1) is 0 Å². The van der Waals surface area contributed by atoms with Crippen molar-refractivity contribution in [3.8, 4) is 0 Å². The molecule has 20 heavy (non-hydrogen) atoms. The van der Waals surface area contributed by atoms with E-state index in [1.807, 2.05) is 32.0 Å². The number of rotatable bonds is 7. The average Bonchev–Trinajstić information content (AvgIpc) is 2.46. The monoisotopic (exact) mass is 297 g/mol. The Hall–Kier alpha value is -1.20. The number of hydrogen-bond acceptors (Lipinski definition) is 3. The van der Waals surface area contributed by atoms with Crippen molar-refractivity contribution in [3.05, 3.63) is 29.3 Å². The van der Waals surface area contributed by atoms with Crippen molar-refractivity contribution in [2.45, 2.75) is 38.9 Å². The van der Waals surface area contributed by atoms with E-state index < -0.39 is 16.0 Å². The molecule has 4 nitrogen and oxygen atoms in total. The maximum Gasteiger partial charge on any atom is 0.239 e. The molecule has 0 heterocycles.